The smallest absolute Gasteiger partial charge is 0.225 e. The van der Waals surface area contributed by atoms with Gasteiger partial charge in [0, 0.05) is 5.92 Å². The number of halogens is 1. The molecular weight excluding hydrogens is 148 g/mol. The quantitative estimate of drug-likeness (QED) is 0.419. The molecule has 10 heavy (non-hydrogen) atoms. The molecule has 0 N–H and O–H groups in total. The second-order valence-electron chi connectivity index (χ2n) is 3.29. The van der Waals surface area contributed by atoms with E-state index in [9.17, 15) is 4.79 Å². The standard InChI is InChI=1S/C8H9ClO/c1-4-2-5-6(3-4)7(5)8(9)10/h2,5-7H,3H2,1H3/t5-,6+,7-/m0/s1. The molecule has 54 valence electrons. The Morgan fingerprint density at radius 2 is 2.50 bits per heavy atom. The van der Waals surface area contributed by atoms with E-state index in [-0.39, 0.29) is 11.2 Å². The van der Waals surface area contributed by atoms with Crippen molar-refractivity contribution in [3.05, 3.63) is 11.6 Å². The second kappa shape index (κ2) is 1.85. The van der Waals surface area contributed by atoms with Gasteiger partial charge < -0.3 is 0 Å². The molecule has 2 rings (SSSR count). The first-order chi connectivity index (χ1) is 4.70. The number of allylic oxidation sites excluding steroid dienone is 2. The second-order valence-corrected chi connectivity index (χ2v) is 3.66. The van der Waals surface area contributed by atoms with Crippen molar-refractivity contribution in [2.24, 2.45) is 17.8 Å². The van der Waals surface area contributed by atoms with Crippen molar-refractivity contribution in [1.29, 1.82) is 0 Å². The van der Waals surface area contributed by atoms with Crippen molar-refractivity contribution < 1.29 is 4.79 Å². The van der Waals surface area contributed by atoms with Crippen LogP contribution in [0.2, 0.25) is 0 Å². The van der Waals surface area contributed by atoms with Gasteiger partial charge in [0.15, 0.2) is 0 Å². The molecule has 0 amide bonds. The molecule has 2 heteroatoms. The first kappa shape index (κ1) is 6.41. The first-order valence-corrected chi connectivity index (χ1v) is 3.94. The highest BCUT2D eigenvalue weighted by molar-refractivity contribution is 6.64. The molecular formula is C8H9ClO. The highest BCUT2D eigenvalue weighted by Crippen LogP contribution is 2.56. The van der Waals surface area contributed by atoms with Crippen LogP contribution >= 0.6 is 11.6 Å². The summed E-state index contributed by atoms with van der Waals surface area (Å²) in [6, 6.07) is 0. The summed E-state index contributed by atoms with van der Waals surface area (Å²) in [6.45, 7) is 2.11. The van der Waals surface area contributed by atoms with Crippen molar-refractivity contribution >= 4 is 16.8 Å². The summed E-state index contributed by atoms with van der Waals surface area (Å²) < 4.78 is 0. The third-order valence-corrected chi connectivity index (χ3v) is 2.78. The Bertz CT molecular complexity index is 219. The van der Waals surface area contributed by atoms with Crippen molar-refractivity contribution in [2.75, 3.05) is 0 Å². The van der Waals surface area contributed by atoms with Crippen LogP contribution in [-0.2, 0) is 4.79 Å². The molecule has 0 aromatic heterocycles. The lowest BCUT2D eigenvalue weighted by Crippen LogP contribution is -1.94. The molecule has 3 atom stereocenters. The Morgan fingerprint density at radius 1 is 1.80 bits per heavy atom. The maximum absolute atomic E-state index is 10.7. The summed E-state index contributed by atoms with van der Waals surface area (Å²) in [5.41, 5.74) is 1.42. The van der Waals surface area contributed by atoms with Gasteiger partial charge in [0.05, 0.1) is 0 Å². The number of rotatable bonds is 1. The Morgan fingerprint density at radius 3 is 2.90 bits per heavy atom. The van der Waals surface area contributed by atoms with Gasteiger partial charge in [-0.05, 0) is 36.8 Å². The molecule has 0 unspecified atom stereocenters. The zero-order chi connectivity index (χ0) is 7.30. The molecule has 0 aromatic carbocycles. The van der Waals surface area contributed by atoms with Crippen LogP contribution in [0.4, 0.5) is 0 Å². The van der Waals surface area contributed by atoms with Crippen LogP contribution in [0, 0.1) is 17.8 Å². The summed E-state index contributed by atoms with van der Waals surface area (Å²) in [5.74, 6) is 1.25. The molecule has 2 aliphatic carbocycles. The average Bonchev–Trinajstić information content (AvgIpc) is 2.32. The van der Waals surface area contributed by atoms with Gasteiger partial charge in [-0.2, -0.15) is 0 Å². The molecule has 0 aromatic rings. The third kappa shape index (κ3) is 0.734. The van der Waals surface area contributed by atoms with Crippen LogP contribution in [0.3, 0.4) is 0 Å². The number of fused-ring (bicyclic) bond motifs is 1. The van der Waals surface area contributed by atoms with Gasteiger partial charge in [0.25, 0.3) is 0 Å². The van der Waals surface area contributed by atoms with Crippen molar-refractivity contribution in [3.8, 4) is 0 Å². The maximum atomic E-state index is 10.7. The molecule has 0 spiro atoms. The molecule has 2 aliphatic rings. The van der Waals surface area contributed by atoms with Gasteiger partial charge in [-0.25, -0.2) is 0 Å². The number of hydrogen-bond acceptors (Lipinski definition) is 1. The number of carbonyl (C=O) groups is 1. The molecule has 0 aliphatic heterocycles. The van der Waals surface area contributed by atoms with Gasteiger partial charge in [0.2, 0.25) is 5.24 Å². The minimum absolute atomic E-state index is 0.140. The fourth-order valence-electron chi connectivity index (χ4n) is 1.98. The van der Waals surface area contributed by atoms with E-state index in [0.717, 1.165) is 6.42 Å². The molecule has 0 bridgehead atoms. The predicted octanol–water partition coefficient (Wildman–Crippen LogP) is 1.96. The highest BCUT2D eigenvalue weighted by Gasteiger charge is 2.55. The molecule has 1 fully saturated rings. The van der Waals surface area contributed by atoms with Crippen molar-refractivity contribution in [3.63, 3.8) is 0 Å². The van der Waals surface area contributed by atoms with Crippen LogP contribution in [0.15, 0.2) is 11.6 Å². The molecule has 1 saturated carbocycles. The zero-order valence-electron chi connectivity index (χ0n) is 5.80. The summed E-state index contributed by atoms with van der Waals surface area (Å²) in [4.78, 5) is 10.7. The topological polar surface area (TPSA) is 17.1 Å². The van der Waals surface area contributed by atoms with Gasteiger partial charge in [0.1, 0.15) is 0 Å². The molecule has 1 nitrogen and oxygen atoms in total. The van der Waals surface area contributed by atoms with Crippen LogP contribution in [-0.4, -0.2) is 5.24 Å². The van der Waals surface area contributed by atoms with E-state index in [1.807, 2.05) is 0 Å². The lowest BCUT2D eigenvalue weighted by molar-refractivity contribution is -0.113. The number of carbonyl (C=O) groups excluding carboxylic acids is 1. The van der Waals surface area contributed by atoms with Gasteiger partial charge in [-0.3, -0.25) is 4.79 Å². The minimum atomic E-state index is -0.140. The summed E-state index contributed by atoms with van der Waals surface area (Å²) in [5, 5.41) is -0.140. The molecule has 0 heterocycles. The predicted molar refractivity (Wildman–Crippen MR) is 39.7 cm³/mol. The lowest BCUT2D eigenvalue weighted by atomic mass is 10.1. The van der Waals surface area contributed by atoms with Crippen LogP contribution in [0.5, 0.6) is 0 Å². The Labute approximate surface area is 65.1 Å². The Kier molecular flexibility index (Phi) is 1.19. The van der Waals surface area contributed by atoms with Gasteiger partial charge in [-0.15, -0.1) is 0 Å². The van der Waals surface area contributed by atoms with Crippen LogP contribution in [0.1, 0.15) is 13.3 Å². The van der Waals surface area contributed by atoms with Gasteiger partial charge >= 0.3 is 0 Å². The van der Waals surface area contributed by atoms with E-state index in [0.29, 0.717) is 11.8 Å². The van der Waals surface area contributed by atoms with Gasteiger partial charge in [-0.1, -0.05) is 11.6 Å². The minimum Gasteiger partial charge on any atom is -0.281 e. The Balaban J connectivity index is 2.09. The summed E-state index contributed by atoms with van der Waals surface area (Å²) >= 11 is 5.36. The summed E-state index contributed by atoms with van der Waals surface area (Å²) in [7, 11) is 0. The van der Waals surface area contributed by atoms with Crippen molar-refractivity contribution in [1.82, 2.24) is 0 Å². The normalized spacial score (nSPS) is 42.6. The van der Waals surface area contributed by atoms with E-state index in [2.05, 4.69) is 13.0 Å². The average molecular weight is 157 g/mol. The monoisotopic (exact) mass is 156 g/mol. The number of hydrogen-bond donors (Lipinski definition) is 0. The lowest BCUT2D eigenvalue weighted by Gasteiger charge is -1.94. The van der Waals surface area contributed by atoms with E-state index in [4.69, 9.17) is 11.6 Å². The van der Waals surface area contributed by atoms with E-state index < -0.39 is 0 Å². The highest BCUT2D eigenvalue weighted by atomic mass is 35.5. The van der Waals surface area contributed by atoms with E-state index in [1.54, 1.807) is 0 Å². The van der Waals surface area contributed by atoms with Crippen molar-refractivity contribution in [2.45, 2.75) is 13.3 Å². The first-order valence-electron chi connectivity index (χ1n) is 3.57. The fraction of sp³-hybridized carbons (Fsp3) is 0.625. The van der Waals surface area contributed by atoms with E-state index in [1.165, 1.54) is 5.57 Å². The SMILES string of the molecule is CC1=C[C@H]2[C@@H](C1)[C@H]2C(=O)Cl. The third-order valence-electron chi connectivity index (χ3n) is 2.53. The summed E-state index contributed by atoms with van der Waals surface area (Å²) in [6.07, 6.45) is 3.28. The Hall–Kier alpha value is -0.300. The zero-order valence-corrected chi connectivity index (χ0v) is 6.56. The molecule has 0 saturated heterocycles. The maximum Gasteiger partial charge on any atom is 0.225 e. The van der Waals surface area contributed by atoms with Crippen LogP contribution in [0.25, 0.3) is 0 Å². The molecule has 0 radical (unpaired) electrons. The van der Waals surface area contributed by atoms with Crippen LogP contribution < -0.4 is 0 Å². The largest absolute Gasteiger partial charge is 0.281 e. The fourth-order valence-corrected chi connectivity index (χ4v) is 2.29. The van der Waals surface area contributed by atoms with E-state index >= 15 is 0 Å².